The number of amides is 1. The topological polar surface area (TPSA) is 75.6 Å². The lowest BCUT2D eigenvalue weighted by Crippen LogP contribution is -2.55. The molecule has 7 nitrogen and oxygen atoms in total. The van der Waals surface area contributed by atoms with Crippen molar-refractivity contribution in [1.82, 2.24) is 20.3 Å². The zero-order chi connectivity index (χ0) is 22.7. The number of carbonyl (C=O) groups is 2. The molecular formula is C25H34N4O3. The van der Waals surface area contributed by atoms with E-state index in [1.165, 1.54) is 0 Å². The van der Waals surface area contributed by atoms with Gasteiger partial charge in [-0.25, -0.2) is 10.9 Å². The number of likely N-dealkylation sites (tertiary alicyclic amines) is 1. The van der Waals surface area contributed by atoms with Gasteiger partial charge in [0.1, 0.15) is 6.04 Å². The molecule has 32 heavy (non-hydrogen) atoms. The number of nitrogens with zero attached hydrogens (tertiary/aromatic N) is 2. The van der Waals surface area contributed by atoms with Crippen LogP contribution in [0.5, 0.6) is 0 Å². The summed E-state index contributed by atoms with van der Waals surface area (Å²) in [7, 11) is 2.01. The van der Waals surface area contributed by atoms with Crippen molar-refractivity contribution in [3.05, 3.63) is 59.4 Å². The highest BCUT2D eigenvalue weighted by atomic mass is 16.5. The number of hydrogen-bond donors (Lipinski definition) is 2. The number of ether oxygens (including phenoxy) is 1. The van der Waals surface area contributed by atoms with Gasteiger partial charge >= 0.3 is 5.97 Å². The van der Waals surface area contributed by atoms with E-state index in [0.717, 1.165) is 29.7 Å². The van der Waals surface area contributed by atoms with Gasteiger partial charge in [0.2, 0.25) is 5.91 Å². The first-order valence-corrected chi connectivity index (χ1v) is 11.6. The molecule has 0 bridgehead atoms. The van der Waals surface area contributed by atoms with Crippen LogP contribution >= 0.6 is 0 Å². The second-order valence-electron chi connectivity index (χ2n) is 9.14. The Labute approximate surface area is 190 Å². The minimum atomic E-state index is -0.709. The summed E-state index contributed by atoms with van der Waals surface area (Å²) in [6, 6.07) is 12.0. The predicted octanol–water partition coefficient (Wildman–Crippen LogP) is 2.66. The Morgan fingerprint density at radius 2 is 2.00 bits per heavy atom. The molecule has 0 spiro atoms. The fourth-order valence-corrected chi connectivity index (χ4v) is 5.13. The van der Waals surface area contributed by atoms with Gasteiger partial charge in [0, 0.05) is 32.0 Å². The number of aryl methyl sites for hydroxylation is 2. The first-order chi connectivity index (χ1) is 15.4. The predicted molar refractivity (Wildman–Crippen MR) is 123 cm³/mol. The van der Waals surface area contributed by atoms with Crippen LogP contribution in [-0.2, 0) is 27.8 Å². The number of hydrazine groups is 1. The quantitative estimate of drug-likeness (QED) is 0.679. The highest BCUT2D eigenvalue weighted by molar-refractivity contribution is 5.84. The Kier molecular flexibility index (Phi) is 6.67. The fraction of sp³-hybridized carbons (Fsp3) is 0.520. The van der Waals surface area contributed by atoms with Crippen LogP contribution in [0.4, 0.5) is 0 Å². The standard InChI is InChI=1S/C25H34N4O3/c1-4-32-24(31)25(16-19-10-6-5-9-18(19)2)12-8-14-29(17-25)23(30)21-15-20(26-27-21)22-11-7-13-28(22)3/h5-7,9-11,13,20-21,26-27H,4,8,12,14-17H2,1-3H3. The maximum absolute atomic E-state index is 13.5. The smallest absolute Gasteiger partial charge is 0.314 e. The molecule has 1 aromatic carbocycles. The summed E-state index contributed by atoms with van der Waals surface area (Å²) >= 11 is 0. The molecular weight excluding hydrogens is 404 g/mol. The van der Waals surface area contributed by atoms with Gasteiger partial charge in [-0.2, -0.15) is 0 Å². The third-order valence-electron chi connectivity index (χ3n) is 6.93. The molecule has 2 N–H and O–H groups in total. The Morgan fingerprint density at radius 1 is 1.19 bits per heavy atom. The third-order valence-corrected chi connectivity index (χ3v) is 6.93. The Morgan fingerprint density at radius 3 is 2.72 bits per heavy atom. The lowest BCUT2D eigenvalue weighted by atomic mass is 9.74. The summed E-state index contributed by atoms with van der Waals surface area (Å²) in [6.45, 7) is 5.31. The SMILES string of the molecule is CCOC(=O)C1(Cc2ccccc2C)CCCN(C(=O)C2CC(c3cccn3C)NN2)C1. The maximum Gasteiger partial charge on any atom is 0.314 e. The van der Waals surface area contributed by atoms with E-state index in [2.05, 4.69) is 40.5 Å². The fourth-order valence-electron chi connectivity index (χ4n) is 5.13. The lowest BCUT2D eigenvalue weighted by molar-refractivity contribution is -0.161. The minimum absolute atomic E-state index is 0.0485. The van der Waals surface area contributed by atoms with E-state index >= 15 is 0 Å². The molecule has 0 aliphatic carbocycles. The molecule has 7 heteroatoms. The molecule has 2 saturated heterocycles. The highest BCUT2D eigenvalue weighted by Gasteiger charge is 2.46. The zero-order valence-electron chi connectivity index (χ0n) is 19.3. The van der Waals surface area contributed by atoms with E-state index in [4.69, 9.17) is 4.74 Å². The van der Waals surface area contributed by atoms with Crippen LogP contribution in [0.15, 0.2) is 42.6 Å². The third kappa shape index (κ3) is 4.45. The van der Waals surface area contributed by atoms with Gasteiger partial charge in [-0.15, -0.1) is 0 Å². The van der Waals surface area contributed by atoms with Gasteiger partial charge in [-0.1, -0.05) is 24.3 Å². The van der Waals surface area contributed by atoms with Crippen molar-refractivity contribution < 1.29 is 14.3 Å². The van der Waals surface area contributed by atoms with Crippen LogP contribution in [0, 0.1) is 12.3 Å². The molecule has 2 aromatic rings. The van der Waals surface area contributed by atoms with E-state index in [0.29, 0.717) is 32.5 Å². The van der Waals surface area contributed by atoms with Crippen LogP contribution in [0.2, 0.25) is 0 Å². The summed E-state index contributed by atoms with van der Waals surface area (Å²) < 4.78 is 7.59. The van der Waals surface area contributed by atoms with E-state index in [9.17, 15) is 9.59 Å². The second kappa shape index (κ2) is 9.46. The van der Waals surface area contributed by atoms with Crippen molar-refractivity contribution in [3.8, 4) is 0 Å². The molecule has 0 saturated carbocycles. The van der Waals surface area contributed by atoms with Gasteiger partial charge in [-0.05, 0) is 62.8 Å². The van der Waals surface area contributed by atoms with Gasteiger partial charge in [-0.3, -0.25) is 9.59 Å². The average molecular weight is 439 g/mol. The van der Waals surface area contributed by atoms with Gasteiger partial charge < -0.3 is 14.2 Å². The second-order valence-corrected chi connectivity index (χ2v) is 9.14. The van der Waals surface area contributed by atoms with Crippen LogP contribution in [0.1, 0.15) is 49.0 Å². The normalized spacial score (nSPS) is 25.7. The molecule has 1 aromatic heterocycles. The van der Waals surface area contributed by atoms with Crippen molar-refractivity contribution >= 4 is 11.9 Å². The molecule has 2 aliphatic heterocycles. The number of carbonyl (C=O) groups excluding carboxylic acids is 2. The van der Waals surface area contributed by atoms with E-state index in [-0.39, 0.29) is 24.0 Å². The molecule has 2 fully saturated rings. The lowest BCUT2D eigenvalue weighted by Gasteiger charge is -2.42. The number of piperidine rings is 1. The van der Waals surface area contributed by atoms with Crippen molar-refractivity contribution in [3.63, 3.8) is 0 Å². The molecule has 2 aliphatic rings. The number of aromatic nitrogens is 1. The van der Waals surface area contributed by atoms with E-state index in [1.54, 1.807) is 0 Å². The molecule has 1 amide bonds. The maximum atomic E-state index is 13.5. The summed E-state index contributed by atoms with van der Waals surface area (Å²) in [6.07, 6.45) is 4.79. The molecule has 3 unspecified atom stereocenters. The number of esters is 1. The summed E-state index contributed by atoms with van der Waals surface area (Å²) in [5.74, 6) is -0.146. The first kappa shape index (κ1) is 22.6. The van der Waals surface area contributed by atoms with Crippen LogP contribution in [0.3, 0.4) is 0 Å². The number of rotatable bonds is 6. The Balaban J connectivity index is 1.51. The minimum Gasteiger partial charge on any atom is -0.466 e. The van der Waals surface area contributed by atoms with Crippen LogP contribution in [0.25, 0.3) is 0 Å². The largest absolute Gasteiger partial charge is 0.466 e. The van der Waals surface area contributed by atoms with Gasteiger partial charge in [0.15, 0.2) is 0 Å². The molecule has 3 atom stereocenters. The van der Waals surface area contributed by atoms with Crippen molar-refractivity contribution in [2.45, 2.75) is 51.6 Å². The molecule has 172 valence electrons. The highest BCUT2D eigenvalue weighted by Crippen LogP contribution is 2.37. The Hall–Kier alpha value is -2.64. The number of hydrogen-bond acceptors (Lipinski definition) is 5. The summed E-state index contributed by atoms with van der Waals surface area (Å²) in [5, 5.41) is 0. The van der Waals surface area contributed by atoms with Crippen molar-refractivity contribution in [1.29, 1.82) is 0 Å². The molecule has 0 radical (unpaired) electrons. The number of nitrogens with one attached hydrogen (secondary N) is 2. The van der Waals surface area contributed by atoms with Gasteiger partial charge in [0.05, 0.1) is 18.1 Å². The summed E-state index contributed by atoms with van der Waals surface area (Å²) in [4.78, 5) is 28.5. The molecule has 4 rings (SSSR count). The first-order valence-electron chi connectivity index (χ1n) is 11.6. The van der Waals surface area contributed by atoms with Crippen molar-refractivity contribution in [2.24, 2.45) is 12.5 Å². The molecule has 3 heterocycles. The van der Waals surface area contributed by atoms with Crippen LogP contribution < -0.4 is 10.9 Å². The number of benzene rings is 1. The van der Waals surface area contributed by atoms with E-state index in [1.807, 2.05) is 43.3 Å². The van der Waals surface area contributed by atoms with Crippen LogP contribution in [-0.4, -0.2) is 47.1 Å². The van der Waals surface area contributed by atoms with E-state index < -0.39 is 5.41 Å². The van der Waals surface area contributed by atoms with Crippen molar-refractivity contribution in [2.75, 3.05) is 19.7 Å². The zero-order valence-corrected chi connectivity index (χ0v) is 19.3. The Bertz CT molecular complexity index is 972. The monoisotopic (exact) mass is 438 g/mol. The summed E-state index contributed by atoms with van der Waals surface area (Å²) in [5.41, 5.74) is 9.19. The average Bonchev–Trinajstić information content (AvgIpc) is 3.44. The van der Waals surface area contributed by atoms with Gasteiger partial charge in [0.25, 0.3) is 0 Å².